The predicted molar refractivity (Wildman–Crippen MR) is 80.4 cm³/mol. The molecule has 6 heteroatoms. The molecule has 0 spiro atoms. The van der Waals surface area contributed by atoms with Gasteiger partial charge in [0.15, 0.2) is 0 Å². The van der Waals surface area contributed by atoms with E-state index in [1.165, 1.54) is 11.0 Å². The average molecular weight is 294 g/mol. The van der Waals surface area contributed by atoms with Gasteiger partial charge in [0.25, 0.3) is 11.6 Å². The van der Waals surface area contributed by atoms with Gasteiger partial charge in [-0.15, -0.1) is 0 Å². The van der Waals surface area contributed by atoms with Gasteiger partial charge < -0.3 is 10.0 Å². The van der Waals surface area contributed by atoms with E-state index < -0.39 is 4.92 Å². The molecule has 0 aliphatic carbocycles. The van der Waals surface area contributed by atoms with Crippen LogP contribution in [0.4, 0.5) is 5.69 Å². The van der Waals surface area contributed by atoms with Crippen LogP contribution >= 0.6 is 0 Å². The Morgan fingerprint density at radius 2 is 2.00 bits per heavy atom. The average Bonchev–Trinajstić information content (AvgIpc) is 2.43. The van der Waals surface area contributed by atoms with E-state index in [1.807, 2.05) is 20.8 Å². The molecule has 1 N–H and O–H groups in total. The molecule has 1 unspecified atom stereocenters. The zero-order valence-corrected chi connectivity index (χ0v) is 13.1. The van der Waals surface area contributed by atoms with Crippen molar-refractivity contribution in [1.82, 2.24) is 4.90 Å². The summed E-state index contributed by atoms with van der Waals surface area (Å²) in [4.78, 5) is 24.4. The fraction of sp³-hybridized carbons (Fsp3) is 0.533. The molecule has 0 aliphatic rings. The topological polar surface area (TPSA) is 83.7 Å². The molecule has 0 fully saturated rings. The maximum Gasteiger partial charge on any atom is 0.273 e. The third kappa shape index (κ3) is 3.78. The van der Waals surface area contributed by atoms with E-state index in [4.69, 9.17) is 5.11 Å². The van der Waals surface area contributed by atoms with Crippen LogP contribution in [-0.2, 0) is 5.41 Å². The van der Waals surface area contributed by atoms with E-state index in [9.17, 15) is 14.9 Å². The Hall–Kier alpha value is -1.95. The highest BCUT2D eigenvalue weighted by Crippen LogP contribution is 2.32. The number of aliphatic hydroxyl groups excluding tert-OH is 1. The van der Waals surface area contributed by atoms with Crippen LogP contribution in [0.5, 0.6) is 0 Å². The number of likely N-dealkylation sites (N-methyl/N-ethyl adjacent to an activating group) is 1. The van der Waals surface area contributed by atoms with Crippen molar-refractivity contribution in [3.05, 3.63) is 39.4 Å². The Morgan fingerprint density at radius 1 is 1.43 bits per heavy atom. The highest BCUT2D eigenvalue weighted by molar-refractivity contribution is 5.95. The Kier molecular flexibility index (Phi) is 5.06. The largest absolute Gasteiger partial charge is 0.394 e. The summed E-state index contributed by atoms with van der Waals surface area (Å²) < 4.78 is 0. The number of benzene rings is 1. The zero-order chi connectivity index (χ0) is 16.4. The number of carbonyl (C=O) groups is 1. The maximum atomic E-state index is 12.3. The maximum absolute atomic E-state index is 12.3. The van der Waals surface area contributed by atoms with Gasteiger partial charge in [-0.2, -0.15) is 0 Å². The van der Waals surface area contributed by atoms with Gasteiger partial charge in [0.2, 0.25) is 0 Å². The minimum absolute atomic E-state index is 0.0570. The standard InChI is InChI=1S/C15H22N2O4/c1-10(9-18)16(5)14(19)11-6-7-12(15(2,3)4)13(8-11)17(20)21/h6-8,10,18H,9H2,1-5H3. The Balaban J connectivity index is 3.27. The third-order valence-electron chi connectivity index (χ3n) is 3.50. The summed E-state index contributed by atoms with van der Waals surface area (Å²) in [5, 5.41) is 20.3. The van der Waals surface area contributed by atoms with Gasteiger partial charge in [0, 0.05) is 24.2 Å². The lowest BCUT2D eigenvalue weighted by molar-refractivity contribution is -0.386. The smallest absolute Gasteiger partial charge is 0.273 e. The Labute approximate surface area is 124 Å². The van der Waals surface area contributed by atoms with Crippen molar-refractivity contribution in [3.63, 3.8) is 0 Å². The lowest BCUT2D eigenvalue weighted by Crippen LogP contribution is -2.37. The van der Waals surface area contributed by atoms with E-state index in [0.717, 1.165) is 0 Å². The molecule has 0 heterocycles. The molecule has 1 rings (SSSR count). The van der Waals surface area contributed by atoms with E-state index >= 15 is 0 Å². The minimum Gasteiger partial charge on any atom is -0.394 e. The van der Waals surface area contributed by atoms with Crippen LogP contribution in [0.3, 0.4) is 0 Å². The molecule has 0 saturated carbocycles. The zero-order valence-electron chi connectivity index (χ0n) is 13.1. The number of rotatable bonds is 4. The first kappa shape index (κ1) is 17.1. The number of aliphatic hydroxyl groups is 1. The summed E-state index contributed by atoms with van der Waals surface area (Å²) in [6.07, 6.45) is 0. The normalized spacial score (nSPS) is 12.9. The molecule has 116 valence electrons. The molecule has 6 nitrogen and oxygen atoms in total. The summed E-state index contributed by atoms with van der Waals surface area (Å²) in [5.74, 6) is -0.347. The number of nitro groups is 1. The summed E-state index contributed by atoms with van der Waals surface area (Å²) in [5.41, 5.74) is 0.395. The quantitative estimate of drug-likeness (QED) is 0.682. The van der Waals surface area contributed by atoms with Crippen molar-refractivity contribution in [3.8, 4) is 0 Å². The molecule has 0 bridgehead atoms. The second-order valence-electron chi connectivity index (χ2n) is 6.19. The SMILES string of the molecule is CC(CO)N(C)C(=O)c1ccc(C(C)(C)C)c([N+](=O)[O-])c1. The van der Waals surface area contributed by atoms with Gasteiger partial charge in [-0.05, 0) is 18.4 Å². The number of hydrogen-bond donors (Lipinski definition) is 1. The predicted octanol–water partition coefficient (Wildman–Crippen LogP) is 2.35. The van der Waals surface area contributed by atoms with Crippen molar-refractivity contribution >= 4 is 11.6 Å². The molecule has 0 aliphatic heterocycles. The molecule has 0 saturated heterocycles. The molecular formula is C15H22N2O4. The van der Waals surface area contributed by atoms with Crippen LogP contribution in [0, 0.1) is 10.1 Å². The van der Waals surface area contributed by atoms with Crippen LogP contribution in [0.25, 0.3) is 0 Å². The molecule has 0 radical (unpaired) electrons. The van der Waals surface area contributed by atoms with Crippen molar-refractivity contribution in [2.45, 2.75) is 39.2 Å². The van der Waals surface area contributed by atoms with E-state index in [-0.39, 0.29) is 35.2 Å². The van der Waals surface area contributed by atoms with Crippen molar-refractivity contribution in [2.75, 3.05) is 13.7 Å². The highest BCUT2D eigenvalue weighted by atomic mass is 16.6. The number of nitro benzene ring substituents is 1. The molecule has 0 aromatic heterocycles. The van der Waals surface area contributed by atoms with E-state index in [2.05, 4.69) is 0 Å². The van der Waals surface area contributed by atoms with Crippen molar-refractivity contribution in [1.29, 1.82) is 0 Å². The van der Waals surface area contributed by atoms with Crippen molar-refractivity contribution < 1.29 is 14.8 Å². The number of carbonyl (C=O) groups excluding carboxylic acids is 1. The van der Waals surface area contributed by atoms with Gasteiger partial charge in [-0.3, -0.25) is 14.9 Å². The summed E-state index contributed by atoms with van der Waals surface area (Å²) in [6.45, 7) is 7.20. The Morgan fingerprint density at radius 3 is 2.43 bits per heavy atom. The third-order valence-corrected chi connectivity index (χ3v) is 3.50. The van der Waals surface area contributed by atoms with Crippen LogP contribution in [0.1, 0.15) is 43.6 Å². The van der Waals surface area contributed by atoms with Crippen LogP contribution in [-0.4, -0.2) is 40.5 Å². The number of hydrogen-bond acceptors (Lipinski definition) is 4. The second-order valence-corrected chi connectivity index (χ2v) is 6.19. The molecule has 1 aromatic rings. The Bertz CT molecular complexity index is 549. The van der Waals surface area contributed by atoms with Gasteiger partial charge in [-0.25, -0.2) is 0 Å². The van der Waals surface area contributed by atoms with Gasteiger partial charge >= 0.3 is 0 Å². The molecule has 1 amide bonds. The fourth-order valence-electron chi connectivity index (χ4n) is 1.98. The second kappa shape index (κ2) is 6.22. The van der Waals surface area contributed by atoms with Crippen LogP contribution in [0.2, 0.25) is 0 Å². The van der Waals surface area contributed by atoms with Crippen molar-refractivity contribution in [2.24, 2.45) is 0 Å². The first-order chi connectivity index (χ1) is 9.59. The van der Waals surface area contributed by atoms with Gasteiger partial charge in [-0.1, -0.05) is 26.8 Å². The first-order valence-electron chi connectivity index (χ1n) is 6.76. The molecular weight excluding hydrogens is 272 g/mol. The van der Waals surface area contributed by atoms with E-state index in [1.54, 1.807) is 26.1 Å². The van der Waals surface area contributed by atoms with E-state index in [0.29, 0.717) is 5.56 Å². The fourth-order valence-corrected chi connectivity index (χ4v) is 1.98. The monoisotopic (exact) mass is 294 g/mol. The first-order valence-corrected chi connectivity index (χ1v) is 6.76. The summed E-state index contributed by atoms with van der Waals surface area (Å²) >= 11 is 0. The molecule has 1 atom stereocenters. The highest BCUT2D eigenvalue weighted by Gasteiger charge is 2.27. The number of nitrogens with zero attached hydrogens (tertiary/aromatic N) is 2. The van der Waals surface area contributed by atoms with Crippen LogP contribution in [0.15, 0.2) is 18.2 Å². The lowest BCUT2D eigenvalue weighted by atomic mass is 9.85. The number of amides is 1. The van der Waals surface area contributed by atoms with Gasteiger partial charge in [0.1, 0.15) is 0 Å². The van der Waals surface area contributed by atoms with Gasteiger partial charge in [0.05, 0.1) is 17.6 Å². The molecule has 21 heavy (non-hydrogen) atoms. The summed E-state index contributed by atoms with van der Waals surface area (Å²) in [7, 11) is 1.56. The summed E-state index contributed by atoms with van der Waals surface area (Å²) in [6, 6.07) is 4.18. The molecule has 1 aromatic carbocycles. The minimum atomic E-state index is -0.465. The lowest BCUT2D eigenvalue weighted by Gasteiger charge is -2.24. The van der Waals surface area contributed by atoms with Crippen LogP contribution < -0.4 is 0 Å².